The highest BCUT2D eigenvalue weighted by Crippen LogP contribution is 2.57. The van der Waals surface area contributed by atoms with Crippen LogP contribution < -0.4 is 36.0 Å². The second kappa shape index (κ2) is 4.71. The molecule has 0 nitrogen and oxygen atoms in total. The van der Waals surface area contributed by atoms with Crippen LogP contribution in [0.15, 0.2) is 0 Å². The lowest BCUT2D eigenvalue weighted by Gasteiger charge is -2.21. The summed E-state index contributed by atoms with van der Waals surface area (Å²) in [6, 6.07) is 0. The minimum absolute atomic E-state index is 1.61. The van der Waals surface area contributed by atoms with Crippen molar-refractivity contribution in [2.24, 2.45) is 0 Å². The molecule has 160 valence electrons. The van der Waals surface area contributed by atoms with E-state index in [1.54, 1.807) is 44.5 Å². The fourth-order valence-electron chi connectivity index (χ4n) is 7.57. The Hall–Kier alpha value is -0.332. The van der Waals surface area contributed by atoms with Gasteiger partial charge in [-0.3, -0.25) is 0 Å². The van der Waals surface area contributed by atoms with E-state index in [2.05, 4.69) is 97.7 Å². The van der Waals surface area contributed by atoms with Crippen molar-refractivity contribution in [3.8, 4) is 44.5 Å². The zero-order chi connectivity index (χ0) is 22.1. The van der Waals surface area contributed by atoms with Gasteiger partial charge in [-0.1, -0.05) is 52.4 Å². The molecule has 1 aliphatic carbocycles. The van der Waals surface area contributed by atoms with E-state index < -0.39 is 32.3 Å². The summed E-state index contributed by atoms with van der Waals surface area (Å²) < 4.78 is 14.7. The Morgan fingerprint density at radius 2 is 0.406 bits per heavy atom. The maximum Gasteiger partial charge on any atom is 0.139 e. The zero-order valence-electron chi connectivity index (χ0n) is 19.6. The molecule has 0 N–H and O–H groups in total. The van der Waals surface area contributed by atoms with Crippen molar-refractivity contribution < 1.29 is 0 Å². The summed E-state index contributed by atoms with van der Waals surface area (Å²) in [5.74, 6) is 0. The first-order chi connectivity index (χ1) is 14.9. The van der Waals surface area contributed by atoms with E-state index in [0.717, 1.165) is 0 Å². The molecule has 0 radical (unpaired) electrons. The van der Waals surface area contributed by atoms with Gasteiger partial charge in [-0.2, -0.15) is 45.3 Å². The summed E-state index contributed by atoms with van der Waals surface area (Å²) in [7, 11) is -6.42. The first-order valence-electron chi connectivity index (χ1n) is 11.6. The van der Waals surface area contributed by atoms with E-state index >= 15 is 0 Å². The third-order valence-corrected chi connectivity index (χ3v) is 38.2. The molecule has 0 saturated heterocycles. The Kier molecular flexibility index (Phi) is 2.79. The Morgan fingerprint density at radius 1 is 0.281 bits per heavy atom. The highest BCUT2D eigenvalue weighted by molar-refractivity contribution is 7.53. The van der Waals surface area contributed by atoms with E-state index in [1.807, 2.05) is 36.0 Å². The van der Waals surface area contributed by atoms with Crippen LogP contribution in [0.3, 0.4) is 0 Å². The minimum atomic E-state index is -1.61. The van der Waals surface area contributed by atoms with Crippen molar-refractivity contribution in [3.05, 3.63) is 0 Å². The van der Waals surface area contributed by atoms with Crippen molar-refractivity contribution >= 4 is 114 Å². The molecule has 0 bridgehead atoms. The molecule has 4 aromatic rings. The van der Waals surface area contributed by atoms with Gasteiger partial charge in [-0.05, 0) is 0 Å². The van der Waals surface area contributed by atoms with Crippen LogP contribution in [0.25, 0.3) is 44.5 Å². The number of thiophene rings is 4. The van der Waals surface area contributed by atoms with Gasteiger partial charge in [0.25, 0.3) is 0 Å². The molecule has 0 saturated carbocycles. The van der Waals surface area contributed by atoms with Crippen LogP contribution in [0.5, 0.6) is 0 Å². The Morgan fingerprint density at radius 3 is 0.531 bits per heavy atom. The predicted molar refractivity (Wildman–Crippen MR) is 160 cm³/mol. The second-order valence-electron chi connectivity index (χ2n) is 12.5. The molecule has 9 rings (SSSR count). The van der Waals surface area contributed by atoms with Gasteiger partial charge < -0.3 is 0 Å². The molecule has 0 atom stereocenters. The van der Waals surface area contributed by atoms with Crippen molar-refractivity contribution in [2.45, 2.75) is 52.4 Å². The summed E-state index contributed by atoms with van der Waals surface area (Å²) in [6.07, 6.45) is 0. The van der Waals surface area contributed by atoms with Crippen molar-refractivity contribution in [3.63, 3.8) is 0 Å². The van der Waals surface area contributed by atoms with Gasteiger partial charge in [0.15, 0.2) is 0 Å². The van der Waals surface area contributed by atoms with E-state index in [4.69, 9.17) is 0 Å². The van der Waals surface area contributed by atoms with Crippen LogP contribution >= 0.6 is 45.3 Å². The highest BCUT2D eigenvalue weighted by atomic mass is 32.1. The molecular formula is C24H24S4Si4. The molecule has 0 amide bonds. The number of rotatable bonds is 0. The van der Waals surface area contributed by atoms with E-state index in [0.29, 0.717) is 0 Å². The molecule has 0 aromatic carbocycles. The van der Waals surface area contributed by atoms with Crippen LogP contribution in [0.4, 0.5) is 0 Å². The maximum atomic E-state index is 2.67. The number of hydrogen-bond donors (Lipinski definition) is 0. The maximum absolute atomic E-state index is 2.67. The third kappa shape index (κ3) is 1.50. The average molecular weight is 553 g/mol. The van der Waals surface area contributed by atoms with Crippen LogP contribution in [0, 0.1) is 0 Å². The lowest BCUT2D eigenvalue weighted by Crippen LogP contribution is -2.52. The van der Waals surface area contributed by atoms with Gasteiger partial charge in [0.2, 0.25) is 0 Å². The van der Waals surface area contributed by atoms with Crippen LogP contribution in [0.2, 0.25) is 52.4 Å². The summed E-state index contributed by atoms with van der Waals surface area (Å²) in [5, 5.41) is 0. The Labute approximate surface area is 209 Å². The topological polar surface area (TPSA) is 0 Å². The van der Waals surface area contributed by atoms with Gasteiger partial charge in [-0.25, -0.2) is 0 Å². The Bertz CT molecular complexity index is 1300. The molecule has 4 aromatic heterocycles. The van der Waals surface area contributed by atoms with E-state index in [1.165, 1.54) is 0 Å². The fraction of sp³-hybridized carbons (Fsp3) is 0.333. The fourth-order valence-corrected chi connectivity index (χ4v) is 33.7. The van der Waals surface area contributed by atoms with Gasteiger partial charge in [0, 0.05) is 80.5 Å². The summed E-state index contributed by atoms with van der Waals surface area (Å²) in [5.41, 5.74) is 14.1. The van der Waals surface area contributed by atoms with E-state index in [-0.39, 0.29) is 0 Å². The monoisotopic (exact) mass is 552 g/mol. The summed E-state index contributed by atoms with van der Waals surface area (Å²) >= 11 is 9.13. The van der Waals surface area contributed by atoms with Crippen LogP contribution in [0.1, 0.15) is 0 Å². The van der Waals surface area contributed by atoms with E-state index in [9.17, 15) is 0 Å². The molecule has 8 heteroatoms. The number of hydrogen-bond acceptors (Lipinski definition) is 4. The molecule has 0 fully saturated rings. The lowest BCUT2D eigenvalue weighted by molar-refractivity contribution is 1.79. The average Bonchev–Trinajstić information content (AvgIpc) is 3.47. The smallest absolute Gasteiger partial charge is 0.139 e. The SMILES string of the molecule is C[Si]1(C)c2sc3c4c2-c2c1sc1c2-c2c(sc5c2-c2c(sc(c2-4)[Si]3(C)C)[Si]5(C)C)[Si]1(C)C. The first-order valence-corrected chi connectivity index (χ1v) is 26.9. The predicted octanol–water partition coefficient (Wildman–Crippen LogP) is 3.46. The summed E-state index contributed by atoms with van der Waals surface area (Å²) in [4.78, 5) is 0. The molecular weight excluding hydrogens is 529 g/mol. The molecule has 8 heterocycles. The second-order valence-corrected chi connectivity index (χ2v) is 36.5. The molecule has 5 aliphatic rings. The molecule has 32 heavy (non-hydrogen) atoms. The quantitative estimate of drug-likeness (QED) is 0.258. The first kappa shape index (κ1) is 18.9. The van der Waals surface area contributed by atoms with Crippen LogP contribution in [-0.4, -0.2) is 32.3 Å². The van der Waals surface area contributed by atoms with Gasteiger partial charge in [0.05, 0.1) is 0 Å². The van der Waals surface area contributed by atoms with Crippen molar-refractivity contribution in [2.75, 3.05) is 0 Å². The lowest BCUT2D eigenvalue weighted by atomic mass is 9.88. The Balaban J connectivity index is 1.65. The normalized spacial score (nSPS) is 22.8. The van der Waals surface area contributed by atoms with Crippen LogP contribution in [-0.2, 0) is 0 Å². The largest absolute Gasteiger partial charge is 0.152 e. The van der Waals surface area contributed by atoms with Crippen molar-refractivity contribution in [1.29, 1.82) is 0 Å². The third-order valence-electron chi connectivity index (χ3n) is 9.17. The van der Waals surface area contributed by atoms with Crippen molar-refractivity contribution in [1.82, 2.24) is 0 Å². The standard InChI is InChI=1S/C24H24S4Si4/c1-29(2)17-9-10-12-14-16-15-13-11(9)19(25-17)30(3,4)21(13)27-23(15)32(7,8)24(16)28-22(14)31(5,6)20(12)26-18(10)29/h1-8H3. The molecule has 0 spiro atoms. The van der Waals surface area contributed by atoms with Gasteiger partial charge in [-0.15, -0.1) is 0 Å². The molecule has 0 unspecified atom stereocenters. The summed E-state index contributed by atoms with van der Waals surface area (Å²) in [6.45, 7) is 21.3. The highest BCUT2D eigenvalue weighted by Gasteiger charge is 2.60. The van der Waals surface area contributed by atoms with Gasteiger partial charge in [0.1, 0.15) is 32.3 Å². The molecule has 4 aliphatic heterocycles. The van der Waals surface area contributed by atoms with Gasteiger partial charge >= 0.3 is 0 Å². The zero-order valence-corrected chi connectivity index (χ0v) is 26.9. The minimum Gasteiger partial charge on any atom is -0.152 e.